The number of benzene rings is 1. The van der Waals surface area contributed by atoms with E-state index in [2.05, 4.69) is 5.32 Å². The molecule has 0 aromatic heterocycles. The highest BCUT2D eigenvalue weighted by Crippen LogP contribution is 2.17. The van der Waals surface area contributed by atoms with Crippen LogP contribution in [0.25, 0.3) is 0 Å². The molecule has 1 saturated heterocycles. The van der Waals surface area contributed by atoms with Crippen molar-refractivity contribution in [3.63, 3.8) is 0 Å². The molecule has 2 rings (SSSR count). The highest BCUT2D eigenvalue weighted by atomic mass is 19.1. The first-order chi connectivity index (χ1) is 11.3. The first-order valence-corrected chi connectivity index (χ1v) is 8.49. The van der Waals surface area contributed by atoms with Gasteiger partial charge in [-0.05, 0) is 38.3 Å². The van der Waals surface area contributed by atoms with Crippen LogP contribution in [0.15, 0.2) is 24.3 Å². The molecule has 1 aliphatic rings. The molecule has 132 valence electrons. The lowest BCUT2D eigenvalue weighted by atomic mass is 9.95. The molecule has 6 heteroatoms. The fraction of sp³-hybridized carbons (Fsp3) is 0.556. The van der Waals surface area contributed by atoms with Crippen LogP contribution in [0.5, 0.6) is 0 Å². The predicted octanol–water partition coefficient (Wildman–Crippen LogP) is 2.06. The van der Waals surface area contributed by atoms with Gasteiger partial charge in [-0.3, -0.25) is 9.59 Å². The SMILES string of the molecule is CCCC(C)(N)C(=O)NC1CCN(C(=O)c2ccccc2F)CC1. The van der Waals surface area contributed by atoms with Gasteiger partial charge in [-0.1, -0.05) is 25.5 Å². The lowest BCUT2D eigenvalue weighted by Crippen LogP contribution is -2.56. The average Bonchev–Trinajstić information content (AvgIpc) is 2.55. The molecule has 0 radical (unpaired) electrons. The number of carbonyl (C=O) groups excluding carboxylic acids is 2. The van der Waals surface area contributed by atoms with Gasteiger partial charge in [-0.2, -0.15) is 0 Å². The Morgan fingerprint density at radius 3 is 2.54 bits per heavy atom. The van der Waals surface area contributed by atoms with Crippen LogP contribution >= 0.6 is 0 Å². The summed E-state index contributed by atoms with van der Waals surface area (Å²) in [6.45, 7) is 4.72. The first kappa shape index (κ1) is 18.4. The van der Waals surface area contributed by atoms with Gasteiger partial charge in [-0.25, -0.2) is 4.39 Å². The average molecular weight is 335 g/mol. The number of nitrogens with zero attached hydrogens (tertiary/aromatic N) is 1. The molecule has 1 heterocycles. The normalized spacial score (nSPS) is 18.1. The van der Waals surface area contributed by atoms with Crippen LogP contribution in [-0.2, 0) is 4.79 Å². The molecular formula is C18H26FN3O2. The summed E-state index contributed by atoms with van der Waals surface area (Å²) < 4.78 is 13.7. The number of carbonyl (C=O) groups is 2. The van der Waals surface area contributed by atoms with Crippen LogP contribution in [0, 0.1) is 5.82 Å². The van der Waals surface area contributed by atoms with Crippen LogP contribution in [0.3, 0.4) is 0 Å². The minimum Gasteiger partial charge on any atom is -0.352 e. The largest absolute Gasteiger partial charge is 0.352 e. The lowest BCUT2D eigenvalue weighted by Gasteiger charge is -2.34. The van der Waals surface area contributed by atoms with E-state index in [-0.39, 0.29) is 23.4 Å². The standard InChI is InChI=1S/C18H26FN3O2/c1-3-10-18(2,20)17(24)21-13-8-11-22(12-9-13)16(23)14-6-4-5-7-15(14)19/h4-7,13H,3,8-12,20H2,1-2H3,(H,21,24). The van der Waals surface area contributed by atoms with Gasteiger partial charge in [0.2, 0.25) is 5.91 Å². The molecule has 1 aliphatic heterocycles. The molecule has 0 saturated carbocycles. The zero-order valence-electron chi connectivity index (χ0n) is 14.3. The second kappa shape index (κ2) is 7.75. The van der Waals surface area contributed by atoms with E-state index in [4.69, 9.17) is 5.73 Å². The third kappa shape index (κ3) is 4.32. The minimum absolute atomic E-state index is 0.00176. The molecule has 1 unspecified atom stereocenters. The minimum atomic E-state index is -0.866. The topological polar surface area (TPSA) is 75.4 Å². The van der Waals surface area contributed by atoms with Crippen molar-refractivity contribution < 1.29 is 14.0 Å². The molecule has 1 aromatic rings. The smallest absolute Gasteiger partial charge is 0.256 e. The van der Waals surface area contributed by atoms with Crippen molar-refractivity contribution in [2.45, 2.75) is 51.1 Å². The van der Waals surface area contributed by atoms with Crippen LogP contribution in [0.2, 0.25) is 0 Å². The number of halogens is 1. The van der Waals surface area contributed by atoms with Crippen molar-refractivity contribution >= 4 is 11.8 Å². The van der Waals surface area contributed by atoms with Crippen LogP contribution in [-0.4, -0.2) is 41.4 Å². The Morgan fingerprint density at radius 1 is 1.33 bits per heavy atom. The molecule has 24 heavy (non-hydrogen) atoms. The Morgan fingerprint density at radius 2 is 1.96 bits per heavy atom. The summed E-state index contributed by atoms with van der Waals surface area (Å²) in [5.41, 5.74) is 5.27. The van der Waals surface area contributed by atoms with Gasteiger partial charge >= 0.3 is 0 Å². The number of hydrogen-bond acceptors (Lipinski definition) is 3. The molecule has 1 atom stereocenters. The van der Waals surface area contributed by atoms with Crippen molar-refractivity contribution in [3.05, 3.63) is 35.6 Å². The molecule has 3 N–H and O–H groups in total. The Bertz CT molecular complexity index is 596. The van der Waals surface area contributed by atoms with E-state index >= 15 is 0 Å². The molecular weight excluding hydrogens is 309 g/mol. The quantitative estimate of drug-likeness (QED) is 0.865. The summed E-state index contributed by atoms with van der Waals surface area (Å²) in [5.74, 6) is -0.952. The fourth-order valence-electron chi connectivity index (χ4n) is 3.02. The Hall–Kier alpha value is -1.95. The Labute approximate surface area is 142 Å². The zero-order chi connectivity index (χ0) is 17.7. The third-order valence-corrected chi connectivity index (χ3v) is 4.51. The molecule has 0 aliphatic carbocycles. The summed E-state index contributed by atoms with van der Waals surface area (Å²) in [7, 11) is 0. The number of likely N-dealkylation sites (tertiary alicyclic amines) is 1. The van der Waals surface area contributed by atoms with E-state index in [0.717, 1.165) is 6.42 Å². The maximum Gasteiger partial charge on any atom is 0.256 e. The van der Waals surface area contributed by atoms with E-state index < -0.39 is 11.4 Å². The zero-order valence-corrected chi connectivity index (χ0v) is 14.3. The second-order valence-corrected chi connectivity index (χ2v) is 6.69. The van der Waals surface area contributed by atoms with Crippen LogP contribution < -0.4 is 11.1 Å². The summed E-state index contributed by atoms with van der Waals surface area (Å²) in [5, 5.41) is 2.98. The Balaban J connectivity index is 1.89. The van der Waals surface area contributed by atoms with E-state index in [0.29, 0.717) is 32.4 Å². The molecule has 2 amide bonds. The number of piperidine rings is 1. The number of amides is 2. The van der Waals surface area contributed by atoms with Gasteiger partial charge < -0.3 is 16.0 Å². The molecule has 0 bridgehead atoms. The highest BCUT2D eigenvalue weighted by molar-refractivity contribution is 5.94. The molecule has 1 aromatic carbocycles. The highest BCUT2D eigenvalue weighted by Gasteiger charge is 2.31. The van der Waals surface area contributed by atoms with Gasteiger partial charge in [0.15, 0.2) is 0 Å². The fourth-order valence-corrected chi connectivity index (χ4v) is 3.02. The van der Waals surface area contributed by atoms with Crippen molar-refractivity contribution in [2.75, 3.05) is 13.1 Å². The van der Waals surface area contributed by atoms with E-state index in [1.165, 1.54) is 12.1 Å². The second-order valence-electron chi connectivity index (χ2n) is 6.69. The number of rotatable bonds is 5. The van der Waals surface area contributed by atoms with Gasteiger partial charge in [0.25, 0.3) is 5.91 Å². The van der Waals surface area contributed by atoms with Gasteiger partial charge in [0, 0.05) is 19.1 Å². The number of nitrogens with one attached hydrogen (secondary N) is 1. The predicted molar refractivity (Wildman–Crippen MR) is 91.0 cm³/mol. The maximum absolute atomic E-state index is 13.7. The third-order valence-electron chi connectivity index (χ3n) is 4.51. The summed E-state index contributed by atoms with van der Waals surface area (Å²) in [6, 6.07) is 6.00. The van der Waals surface area contributed by atoms with Gasteiger partial charge in [0.05, 0.1) is 11.1 Å². The molecule has 0 spiro atoms. The van der Waals surface area contributed by atoms with Crippen LogP contribution in [0.4, 0.5) is 4.39 Å². The molecule has 1 fully saturated rings. The van der Waals surface area contributed by atoms with Crippen molar-refractivity contribution in [1.29, 1.82) is 0 Å². The van der Waals surface area contributed by atoms with E-state index in [1.807, 2.05) is 6.92 Å². The maximum atomic E-state index is 13.7. The van der Waals surface area contributed by atoms with Crippen LogP contribution in [0.1, 0.15) is 49.9 Å². The van der Waals surface area contributed by atoms with Crippen molar-refractivity contribution in [3.8, 4) is 0 Å². The lowest BCUT2D eigenvalue weighted by molar-refractivity contribution is -0.127. The number of hydrogen-bond donors (Lipinski definition) is 2. The van der Waals surface area contributed by atoms with Crippen molar-refractivity contribution in [2.24, 2.45) is 5.73 Å². The van der Waals surface area contributed by atoms with E-state index in [1.54, 1.807) is 24.0 Å². The Kier molecular flexibility index (Phi) is 5.94. The monoisotopic (exact) mass is 335 g/mol. The van der Waals surface area contributed by atoms with E-state index in [9.17, 15) is 14.0 Å². The first-order valence-electron chi connectivity index (χ1n) is 8.49. The summed E-state index contributed by atoms with van der Waals surface area (Å²) >= 11 is 0. The summed E-state index contributed by atoms with van der Waals surface area (Å²) in [6.07, 6.45) is 2.77. The molecule has 5 nitrogen and oxygen atoms in total. The number of nitrogens with two attached hydrogens (primary N) is 1. The van der Waals surface area contributed by atoms with Gasteiger partial charge in [0.1, 0.15) is 5.82 Å². The summed E-state index contributed by atoms with van der Waals surface area (Å²) in [4.78, 5) is 26.2. The van der Waals surface area contributed by atoms with Gasteiger partial charge in [-0.15, -0.1) is 0 Å². The van der Waals surface area contributed by atoms with Crippen molar-refractivity contribution in [1.82, 2.24) is 10.2 Å².